The second-order valence-electron chi connectivity index (χ2n) is 3.34. The van der Waals surface area contributed by atoms with E-state index in [1.165, 1.54) is 0 Å². The lowest BCUT2D eigenvalue weighted by atomic mass is 10.00. The molecule has 2 heterocycles. The van der Waals surface area contributed by atoms with Crippen LogP contribution in [0, 0.1) is 18.3 Å². The standard InChI is InChI=1S/C9H12N4/c1-6-9-7(12-13(6)2)3-4-11-8(9)5-10/h8,11H,3-4H2,1-2H3. The van der Waals surface area contributed by atoms with Crippen molar-refractivity contribution in [1.82, 2.24) is 15.1 Å². The molecule has 0 saturated heterocycles. The van der Waals surface area contributed by atoms with E-state index in [2.05, 4.69) is 16.5 Å². The molecule has 13 heavy (non-hydrogen) atoms. The van der Waals surface area contributed by atoms with Gasteiger partial charge in [0.25, 0.3) is 0 Å². The highest BCUT2D eigenvalue weighted by molar-refractivity contribution is 5.35. The van der Waals surface area contributed by atoms with Crippen molar-refractivity contribution in [1.29, 1.82) is 5.26 Å². The Hall–Kier alpha value is -1.34. The summed E-state index contributed by atoms with van der Waals surface area (Å²) < 4.78 is 1.85. The van der Waals surface area contributed by atoms with E-state index in [9.17, 15) is 0 Å². The zero-order valence-corrected chi connectivity index (χ0v) is 7.83. The number of hydrogen-bond donors (Lipinski definition) is 1. The molecule has 1 aliphatic rings. The zero-order valence-electron chi connectivity index (χ0n) is 7.83. The number of fused-ring (bicyclic) bond motifs is 1. The zero-order chi connectivity index (χ0) is 9.42. The van der Waals surface area contributed by atoms with Gasteiger partial charge in [-0.2, -0.15) is 10.4 Å². The predicted molar refractivity (Wildman–Crippen MR) is 48.0 cm³/mol. The Labute approximate surface area is 77.2 Å². The molecule has 1 aromatic heterocycles. The van der Waals surface area contributed by atoms with E-state index in [-0.39, 0.29) is 6.04 Å². The third-order valence-electron chi connectivity index (χ3n) is 2.58. The van der Waals surface area contributed by atoms with Crippen LogP contribution in [-0.4, -0.2) is 16.3 Å². The monoisotopic (exact) mass is 176 g/mol. The number of aromatic nitrogens is 2. The molecule has 0 fully saturated rings. The molecule has 0 aliphatic carbocycles. The van der Waals surface area contributed by atoms with Gasteiger partial charge in [-0.1, -0.05) is 0 Å². The third kappa shape index (κ3) is 1.12. The predicted octanol–water partition coefficient (Wildman–Crippen LogP) is 0.439. The van der Waals surface area contributed by atoms with Gasteiger partial charge in [0.15, 0.2) is 0 Å². The molecule has 0 bridgehead atoms. The maximum Gasteiger partial charge on any atom is 0.124 e. The van der Waals surface area contributed by atoms with Crippen LogP contribution in [0.1, 0.15) is 23.0 Å². The summed E-state index contributed by atoms with van der Waals surface area (Å²) >= 11 is 0. The fraction of sp³-hybridized carbons (Fsp3) is 0.556. The lowest BCUT2D eigenvalue weighted by Gasteiger charge is -2.17. The van der Waals surface area contributed by atoms with Gasteiger partial charge >= 0.3 is 0 Å². The van der Waals surface area contributed by atoms with Crippen LogP contribution in [0.5, 0.6) is 0 Å². The molecule has 1 atom stereocenters. The second kappa shape index (κ2) is 2.86. The lowest BCUT2D eigenvalue weighted by Crippen LogP contribution is -2.28. The van der Waals surface area contributed by atoms with E-state index in [1.54, 1.807) is 0 Å². The van der Waals surface area contributed by atoms with Crippen molar-refractivity contribution in [3.8, 4) is 6.07 Å². The summed E-state index contributed by atoms with van der Waals surface area (Å²) in [5, 5.41) is 16.5. The fourth-order valence-corrected chi connectivity index (χ4v) is 1.80. The summed E-state index contributed by atoms with van der Waals surface area (Å²) in [5.41, 5.74) is 3.25. The van der Waals surface area contributed by atoms with Crippen molar-refractivity contribution in [3.63, 3.8) is 0 Å². The summed E-state index contributed by atoms with van der Waals surface area (Å²) in [5.74, 6) is 0. The van der Waals surface area contributed by atoms with Crippen LogP contribution in [0.15, 0.2) is 0 Å². The average Bonchev–Trinajstić information content (AvgIpc) is 2.43. The Balaban J connectivity index is 2.55. The first-order chi connectivity index (χ1) is 6.24. The summed E-state index contributed by atoms with van der Waals surface area (Å²) in [7, 11) is 1.92. The van der Waals surface area contributed by atoms with Crippen molar-refractivity contribution < 1.29 is 0 Å². The molecular weight excluding hydrogens is 164 g/mol. The van der Waals surface area contributed by atoms with Crippen molar-refractivity contribution in [3.05, 3.63) is 17.0 Å². The summed E-state index contributed by atoms with van der Waals surface area (Å²) in [6, 6.07) is 2.08. The number of aryl methyl sites for hydroxylation is 1. The summed E-state index contributed by atoms with van der Waals surface area (Å²) in [6.07, 6.45) is 0.926. The quantitative estimate of drug-likeness (QED) is 0.624. The Morgan fingerprint density at radius 2 is 2.46 bits per heavy atom. The van der Waals surface area contributed by atoms with Crippen LogP contribution in [-0.2, 0) is 13.5 Å². The molecule has 68 valence electrons. The summed E-state index contributed by atoms with van der Waals surface area (Å²) in [4.78, 5) is 0. The average molecular weight is 176 g/mol. The number of rotatable bonds is 0. The van der Waals surface area contributed by atoms with Gasteiger partial charge in [0, 0.05) is 31.3 Å². The first-order valence-electron chi connectivity index (χ1n) is 4.39. The van der Waals surface area contributed by atoms with E-state index in [1.807, 2.05) is 18.7 Å². The first kappa shape index (κ1) is 8.27. The van der Waals surface area contributed by atoms with E-state index in [0.717, 1.165) is 29.9 Å². The van der Waals surface area contributed by atoms with Crippen LogP contribution in [0.3, 0.4) is 0 Å². The van der Waals surface area contributed by atoms with Crippen LogP contribution in [0.25, 0.3) is 0 Å². The molecule has 1 N–H and O–H groups in total. The van der Waals surface area contributed by atoms with Crippen LogP contribution < -0.4 is 5.32 Å². The molecular formula is C9H12N4. The molecule has 0 radical (unpaired) electrons. The Morgan fingerprint density at radius 3 is 3.15 bits per heavy atom. The molecule has 0 spiro atoms. The first-order valence-corrected chi connectivity index (χ1v) is 4.39. The van der Waals surface area contributed by atoms with Crippen LogP contribution in [0.4, 0.5) is 0 Å². The molecule has 2 rings (SSSR count). The SMILES string of the molecule is Cc1c2c(nn1C)CCNC2C#N. The Bertz CT molecular complexity index is 372. The number of nitrogens with one attached hydrogen (secondary N) is 1. The molecule has 4 nitrogen and oxygen atoms in total. The number of nitriles is 1. The molecule has 4 heteroatoms. The van der Waals surface area contributed by atoms with Gasteiger partial charge < -0.3 is 0 Å². The minimum absolute atomic E-state index is 0.169. The van der Waals surface area contributed by atoms with E-state index in [4.69, 9.17) is 5.26 Å². The van der Waals surface area contributed by atoms with E-state index >= 15 is 0 Å². The maximum atomic E-state index is 8.92. The lowest BCUT2D eigenvalue weighted by molar-refractivity contribution is 0.583. The van der Waals surface area contributed by atoms with Crippen molar-refractivity contribution in [2.45, 2.75) is 19.4 Å². The van der Waals surface area contributed by atoms with Crippen molar-refractivity contribution in [2.24, 2.45) is 7.05 Å². The normalized spacial score (nSPS) is 20.8. The van der Waals surface area contributed by atoms with Gasteiger partial charge in [-0.3, -0.25) is 10.00 Å². The van der Waals surface area contributed by atoms with Gasteiger partial charge in [0.2, 0.25) is 0 Å². The minimum atomic E-state index is -0.169. The maximum absolute atomic E-state index is 8.92. The smallest absolute Gasteiger partial charge is 0.124 e. The Kier molecular flexibility index (Phi) is 1.82. The van der Waals surface area contributed by atoms with Gasteiger partial charge in [-0.05, 0) is 6.92 Å². The van der Waals surface area contributed by atoms with Gasteiger partial charge in [-0.25, -0.2) is 0 Å². The fourth-order valence-electron chi connectivity index (χ4n) is 1.80. The van der Waals surface area contributed by atoms with Gasteiger partial charge in [-0.15, -0.1) is 0 Å². The highest BCUT2D eigenvalue weighted by Crippen LogP contribution is 2.24. The van der Waals surface area contributed by atoms with Gasteiger partial charge in [0.1, 0.15) is 6.04 Å². The molecule has 1 aliphatic heterocycles. The van der Waals surface area contributed by atoms with Crippen molar-refractivity contribution in [2.75, 3.05) is 6.54 Å². The van der Waals surface area contributed by atoms with E-state index in [0.29, 0.717) is 0 Å². The molecule has 0 amide bonds. The van der Waals surface area contributed by atoms with Crippen LogP contribution in [0.2, 0.25) is 0 Å². The largest absolute Gasteiger partial charge is 0.298 e. The van der Waals surface area contributed by atoms with Crippen molar-refractivity contribution >= 4 is 0 Å². The minimum Gasteiger partial charge on any atom is -0.298 e. The third-order valence-corrected chi connectivity index (χ3v) is 2.58. The highest BCUT2D eigenvalue weighted by Gasteiger charge is 2.24. The molecule has 0 saturated carbocycles. The second-order valence-corrected chi connectivity index (χ2v) is 3.34. The highest BCUT2D eigenvalue weighted by atomic mass is 15.3. The molecule has 1 aromatic rings. The molecule has 0 aromatic carbocycles. The summed E-state index contributed by atoms with van der Waals surface area (Å²) in [6.45, 7) is 2.85. The molecule has 1 unspecified atom stereocenters. The topological polar surface area (TPSA) is 53.6 Å². The Morgan fingerprint density at radius 1 is 1.69 bits per heavy atom. The number of hydrogen-bond acceptors (Lipinski definition) is 3. The van der Waals surface area contributed by atoms with Gasteiger partial charge in [0.05, 0.1) is 11.8 Å². The number of nitrogens with zero attached hydrogens (tertiary/aromatic N) is 3. The van der Waals surface area contributed by atoms with Crippen LogP contribution >= 0.6 is 0 Å². The van der Waals surface area contributed by atoms with E-state index < -0.39 is 0 Å².